The highest BCUT2D eigenvalue weighted by molar-refractivity contribution is 5.29. The summed E-state index contributed by atoms with van der Waals surface area (Å²) in [5.74, 6) is 0. The van der Waals surface area contributed by atoms with Gasteiger partial charge in [0.25, 0.3) is 0 Å². The van der Waals surface area contributed by atoms with E-state index in [-0.39, 0.29) is 11.1 Å². The molecule has 0 aromatic rings. The summed E-state index contributed by atoms with van der Waals surface area (Å²) in [5.41, 5.74) is 3.14. The van der Waals surface area contributed by atoms with Crippen molar-refractivity contribution in [3.05, 3.63) is 22.5 Å². The van der Waals surface area contributed by atoms with Gasteiger partial charge in [-0.25, -0.2) is 0 Å². The zero-order valence-corrected chi connectivity index (χ0v) is 18.3. The average Bonchev–Trinajstić information content (AvgIpc) is 2.64. The van der Waals surface area contributed by atoms with Crippen molar-refractivity contribution in [3.63, 3.8) is 0 Å². The molecule has 0 spiro atoms. The fourth-order valence-corrected chi connectivity index (χ4v) is 2.66. The Labute approximate surface area is 170 Å². The molecule has 28 heavy (non-hydrogen) atoms. The Morgan fingerprint density at radius 3 is 1.21 bits per heavy atom. The normalized spacial score (nSPS) is 18.7. The molecule has 0 bridgehead atoms. The van der Waals surface area contributed by atoms with Crippen LogP contribution in [0.3, 0.4) is 0 Å². The minimum atomic E-state index is -0.148. The Bertz CT molecular complexity index is 663. The minimum absolute atomic E-state index is 0.148. The van der Waals surface area contributed by atoms with Crippen molar-refractivity contribution in [2.24, 2.45) is 20.5 Å². The molecule has 6 heteroatoms. The quantitative estimate of drug-likeness (QED) is 0.473. The molecule has 152 valence electrons. The van der Waals surface area contributed by atoms with Gasteiger partial charge in [-0.1, -0.05) is 0 Å². The van der Waals surface area contributed by atoms with Gasteiger partial charge in [0.2, 0.25) is 0 Å². The zero-order chi connectivity index (χ0) is 21.2. The van der Waals surface area contributed by atoms with Gasteiger partial charge in [0.05, 0.1) is 45.8 Å². The predicted octanol–water partition coefficient (Wildman–Crippen LogP) is 7.18. The van der Waals surface area contributed by atoms with Crippen molar-refractivity contribution in [1.82, 2.24) is 0 Å². The highest BCUT2D eigenvalue weighted by Crippen LogP contribution is 2.27. The second-order valence-corrected chi connectivity index (χ2v) is 9.23. The highest BCUT2D eigenvalue weighted by atomic mass is 15.1. The molecule has 0 fully saturated rings. The number of nitriles is 2. The van der Waals surface area contributed by atoms with Crippen LogP contribution in [0, 0.1) is 22.7 Å². The molecule has 0 aromatic carbocycles. The Balaban J connectivity index is 0.000000280. The summed E-state index contributed by atoms with van der Waals surface area (Å²) in [6.07, 6.45) is 8.02. The van der Waals surface area contributed by atoms with Crippen LogP contribution in [-0.4, -0.2) is 11.1 Å². The first-order chi connectivity index (χ1) is 13.1. The van der Waals surface area contributed by atoms with E-state index in [1.807, 2.05) is 41.5 Å². The first-order valence-electron chi connectivity index (χ1n) is 10.2. The van der Waals surface area contributed by atoms with Crippen LogP contribution in [0.15, 0.2) is 43.0 Å². The monoisotopic (exact) mass is 382 g/mol. The predicted molar refractivity (Wildman–Crippen MR) is 111 cm³/mol. The van der Waals surface area contributed by atoms with Crippen LogP contribution in [0.1, 0.15) is 92.9 Å². The Morgan fingerprint density at radius 2 is 0.929 bits per heavy atom. The SMILES string of the molecule is CC(C)(C)N=NC1=C(C#N)CCCC1.CC(C)(C)N=NC1=C(C#N)CCCC1. The summed E-state index contributed by atoms with van der Waals surface area (Å²) >= 11 is 0. The maximum Gasteiger partial charge on any atom is 0.0966 e. The van der Waals surface area contributed by atoms with Gasteiger partial charge in [0.1, 0.15) is 0 Å². The van der Waals surface area contributed by atoms with E-state index in [1.165, 1.54) is 0 Å². The molecule has 0 amide bonds. The van der Waals surface area contributed by atoms with Crippen LogP contribution >= 0.6 is 0 Å². The second kappa shape index (κ2) is 10.9. The lowest BCUT2D eigenvalue weighted by Crippen LogP contribution is -2.08. The van der Waals surface area contributed by atoms with Crippen molar-refractivity contribution in [3.8, 4) is 12.1 Å². The third-order valence-corrected chi connectivity index (χ3v) is 4.09. The number of hydrogen-bond acceptors (Lipinski definition) is 6. The molecular formula is C22H34N6. The number of hydrogen-bond donors (Lipinski definition) is 0. The standard InChI is InChI=1S/2C11H17N3/c2*1-11(2,3)14-13-10-7-5-4-6-9(10)8-12/h2*4-7H2,1-3H3. The van der Waals surface area contributed by atoms with Gasteiger partial charge in [-0.15, -0.1) is 0 Å². The van der Waals surface area contributed by atoms with E-state index in [4.69, 9.17) is 10.5 Å². The van der Waals surface area contributed by atoms with Gasteiger partial charge in [-0.2, -0.15) is 31.0 Å². The van der Waals surface area contributed by atoms with E-state index < -0.39 is 0 Å². The van der Waals surface area contributed by atoms with Crippen LogP contribution in [0.5, 0.6) is 0 Å². The molecule has 2 aliphatic carbocycles. The van der Waals surface area contributed by atoms with E-state index in [1.54, 1.807) is 0 Å². The summed E-state index contributed by atoms with van der Waals surface area (Å²) in [6.45, 7) is 12.0. The summed E-state index contributed by atoms with van der Waals surface area (Å²) in [7, 11) is 0. The number of nitrogens with zero attached hydrogens (tertiary/aromatic N) is 6. The van der Waals surface area contributed by atoms with E-state index >= 15 is 0 Å². The van der Waals surface area contributed by atoms with Gasteiger partial charge in [-0.05, 0) is 92.9 Å². The van der Waals surface area contributed by atoms with Crippen molar-refractivity contribution in [2.45, 2.75) is 104 Å². The smallest absolute Gasteiger partial charge is 0.0966 e. The lowest BCUT2D eigenvalue weighted by molar-refractivity contribution is 0.539. The Hall–Kier alpha value is -2.34. The van der Waals surface area contributed by atoms with Crippen molar-refractivity contribution < 1.29 is 0 Å². The molecule has 0 unspecified atom stereocenters. The third-order valence-electron chi connectivity index (χ3n) is 4.09. The summed E-state index contributed by atoms with van der Waals surface area (Å²) < 4.78 is 0. The molecule has 6 nitrogen and oxygen atoms in total. The number of rotatable bonds is 2. The molecule has 2 aliphatic rings. The fourth-order valence-electron chi connectivity index (χ4n) is 2.66. The molecule has 0 aromatic heterocycles. The second-order valence-electron chi connectivity index (χ2n) is 9.23. The summed E-state index contributed by atoms with van der Waals surface area (Å²) in [5, 5.41) is 34.5. The third kappa shape index (κ3) is 9.55. The highest BCUT2D eigenvalue weighted by Gasteiger charge is 2.14. The van der Waals surface area contributed by atoms with Crippen LogP contribution in [0.2, 0.25) is 0 Å². The molecule has 0 aliphatic heterocycles. The molecule has 2 rings (SSSR count). The van der Waals surface area contributed by atoms with Crippen LogP contribution in [0.4, 0.5) is 0 Å². The Kier molecular flexibility index (Phi) is 9.19. The van der Waals surface area contributed by atoms with Crippen LogP contribution in [-0.2, 0) is 0 Å². The first kappa shape index (κ1) is 23.7. The van der Waals surface area contributed by atoms with Crippen molar-refractivity contribution in [2.75, 3.05) is 0 Å². The molecule has 0 atom stereocenters. The molecule has 0 heterocycles. The number of azo groups is 2. The van der Waals surface area contributed by atoms with E-state index in [0.717, 1.165) is 73.9 Å². The van der Waals surface area contributed by atoms with Crippen molar-refractivity contribution >= 4 is 0 Å². The van der Waals surface area contributed by atoms with Gasteiger partial charge in [-0.3, -0.25) is 0 Å². The van der Waals surface area contributed by atoms with E-state index in [0.29, 0.717) is 0 Å². The van der Waals surface area contributed by atoms with Gasteiger partial charge < -0.3 is 0 Å². The molecular weight excluding hydrogens is 348 g/mol. The van der Waals surface area contributed by atoms with E-state index in [9.17, 15) is 0 Å². The molecule has 0 saturated carbocycles. The average molecular weight is 383 g/mol. The lowest BCUT2D eigenvalue weighted by Gasteiger charge is -2.13. The summed E-state index contributed by atoms with van der Waals surface area (Å²) in [6, 6.07) is 4.43. The molecule has 0 radical (unpaired) electrons. The van der Waals surface area contributed by atoms with Crippen LogP contribution < -0.4 is 0 Å². The molecule has 0 saturated heterocycles. The summed E-state index contributed by atoms with van der Waals surface area (Å²) in [4.78, 5) is 0. The topological polar surface area (TPSA) is 97.0 Å². The van der Waals surface area contributed by atoms with E-state index in [2.05, 4.69) is 32.6 Å². The maximum atomic E-state index is 8.88. The largest absolute Gasteiger partial charge is 0.193 e. The number of allylic oxidation sites excluding steroid dienone is 4. The lowest BCUT2D eigenvalue weighted by atomic mass is 9.98. The van der Waals surface area contributed by atoms with Gasteiger partial charge in [0.15, 0.2) is 0 Å². The maximum absolute atomic E-state index is 8.88. The van der Waals surface area contributed by atoms with Crippen molar-refractivity contribution in [1.29, 1.82) is 10.5 Å². The fraction of sp³-hybridized carbons (Fsp3) is 0.727. The minimum Gasteiger partial charge on any atom is -0.193 e. The first-order valence-corrected chi connectivity index (χ1v) is 10.2. The van der Waals surface area contributed by atoms with Gasteiger partial charge in [0, 0.05) is 0 Å². The van der Waals surface area contributed by atoms with Gasteiger partial charge >= 0.3 is 0 Å². The molecule has 0 N–H and O–H groups in total. The zero-order valence-electron chi connectivity index (χ0n) is 18.3. The van der Waals surface area contributed by atoms with Crippen LogP contribution in [0.25, 0.3) is 0 Å². The Morgan fingerprint density at radius 1 is 0.607 bits per heavy atom.